The first kappa shape index (κ1) is 13.5. The normalized spacial score (nSPS) is 15.4. The number of nitrogens with two attached hydrogens (primary N) is 1. The zero-order valence-corrected chi connectivity index (χ0v) is 11.9. The van der Waals surface area contributed by atoms with E-state index < -0.39 is 10.0 Å². The number of benzene rings is 1. The number of halogens is 1. The summed E-state index contributed by atoms with van der Waals surface area (Å²) < 4.78 is 22.8. The Bertz CT molecular complexity index is 582. The highest BCUT2D eigenvalue weighted by Crippen LogP contribution is 2.33. The van der Waals surface area contributed by atoms with Crippen LogP contribution in [-0.4, -0.2) is 14.3 Å². The summed E-state index contributed by atoms with van der Waals surface area (Å²) in [5.74, 6) is 0.453. The summed E-state index contributed by atoms with van der Waals surface area (Å²) >= 11 is 3.22. The number of amides is 1. The average molecular weight is 333 g/mol. The Balaban J connectivity index is 2.11. The fraction of sp³-hybridized carbons (Fsp3) is 0.364. The Morgan fingerprint density at radius 1 is 1.44 bits per heavy atom. The Labute approximate surface area is 114 Å². The summed E-state index contributed by atoms with van der Waals surface area (Å²) in [5.41, 5.74) is 0.549. The molecule has 0 aliphatic heterocycles. The van der Waals surface area contributed by atoms with Crippen LogP contribution in [0.5, 0.6) is 0 Å². The fourth-order valence-corrected chi connectivity index (χ4v) is 2.73. The number of nitrogens with one attached hydrogen (secondary N) is 1. The molecule has 0 bridgehead atoms. The third-order valence-corrected chi connectivity index (χ3v) is 4.28. The van der Waals surface area contributed by atoms with Crippen molar-refractivity contribution in [1.29, 1.82) is 0 Å². The van der Waals surface area contributed by atoms with Crippen LogP contribution in [0.25, 0.3) is 0 Å². The molecule has 3 N–H and O–H groups in total. The lowest BCUT2D eigenvalue weighted by molar-refractivity contribution is -0.116. The minimum atomic E-state index is -3.72. The number of anilines is 1. The van der Waals surface area contributed by atoms with Crippen LogP contribution >= 0.6 is 15.9 Å². The molecule has 0 atom stereocenters. The third-order valence-electron chi connectivity index (χ3n) is 2.71. The number of sulfonamides is 1. The van der Waals surface area contributed by atoms with Crippen molar-refractivity contribution in [3.05, 3.63) is 22.7 Å². The molecule has 0 saturated heterocycles. The number of hydrogen-bond acceptors (Lipinski definition) is 3. The van der Waals surface area contributed by atoms with Crippen LogP contribution in [-0.2, 0) is 14.8 Å². The maximum Gasteiger partial charge on any atom is 0.238 e. The maximum absolute atomic E-state index is 11.6. The van der Waals surface area contributed by atoms with Crippen molar-refractivity contribution in [2.24, 2.45) is 11.1 Å². The van der Waals surface area contributed by atoms with E-state index in [-0.39, 0.29) is 10.8 Å². The molecule has 1 aromatic carbocycles. The molecule has 1 saturated carbocycles. The molecule has 98 valence electrons. The fourth-order valence-electron chi connectivity index (χ4n) is 1.56. The predicted molar refractivity (Wildman–Crippen MR) is 71.5 cm³/mol. The molecule has 2 rings (SSSR count). The first-order valence-corrected chi connectivity index (χ1v) is 7.82. The SMILES string of the molecule is NS(=O)(=O)c1ccc(NC(=O)CC2CC2)c(Br)c1. The topological polar surface area (TPSA) is 89.3 Å². The molecule has 1 aliphatic carbocycles. The number of hydrogen-bond donors (Lipinski definition) is 2. The van der Waals surface area contributed by atoms with E-state index in [0.717, 1.165) is 12.8 Å². The zero-order valence-electron chi connectivity index (χ0n) is 9.52. The largest absolute Gasteiger partial charge is 0.325 e. The molecule has 1 aromatic rings. The molecule has 1 fully saturated rings. The monoisotopic (exact) mass is 332 g/mol. The van der Waals surface area contributed by atoms with Gasteiger partial charge in [-0.05, 0) is 52.9 Å². The summed E-state index contributed by atoms with van der Waals surface area (Å²) in [6.45, 7) is 0. The molecule has 0 spiro atoms. The van der Waals surface area contributed by atoms with Crippen molar-refractivity contribution >= 4 is 37.5 Å². The highest BCUT2D eigenvalue weighted by atomic mass is 79.9. The minimum Gasteiger partial charge on any atom is -0.325 e. The Morgan fingerprint density at radius 2 is 2.11 bits per heavy atom. The second kappa shape index (κ2) is 4.99. The van der Waals surface area contributed by atoms with Crippen LogP contribution in [0.3, 0.4) is 0 Å². The summed E-state index contributed by atoms with van der Waals surface area (Å²) in [6.07, 6.45) is 2.74. The van der Waals surface area contributed by atoms with E-state index in [0.29, 0.717) is 22.5 Å². The molecule has 18 heavy (non-hydrogen) atoms. The summed E-state index contributed by atoms with van der Waals surface area (Å²) in [7, 11) is -3.72. The second-order valence-corrected chi connectivity index (χ2v) is 6.80. The first-order chi connectivity index (χ1) is 8.36. The molecule has 1 amide bonds. The molecule has 0 heterocycles. The average Bonchev–Trinajstić information content (AvgIpc) is 3.03. The summed E-state index contributed by atoms with van der Waals surface area (Å²) in [5, 5.41) is 7.75. The van der Waals surface area contributed by atoms with Gasteiger partial charge in [0.1, 0.15) is 0 Å². The van der Waals surface area contributed by atoms with Gasteiger partial charge in [0, 0.05) is 10.9 Å². The molecule has 5 nitrogen and oxygen atoms in total. The molecule has 1 aliphatic rings. The van der Waals surface area contributed by atoms with Crippen molar-refractivity contribution in [3.63, 3.8) is 0 Å². The minimum absolute atomic E-state index is 0.00886. The van der Waals surface area contributed by atoms with E-state index in [1.54, 1.807) is 0 Å². The van der Waals surface area contributed by atoms with Crippen LogP contribution in [0.1, 0.15) is 19.3 Å². The lowest BCUT2D eigenvalue weighted by Gasteiger charge is -2.08. The second-order valence-electron chi connectivity index (χ2n) is 4.38. The third kappa shape index (κ3) is 3.54. The van der Waals surface area contributed by atoms with Gasteiger partial charge in [-0.1, -0.05) is 0 Å². The van der Waals surface area contributed by atoms with Crippen LogP contribution in [0.2, 0.25) is 0 Å². The maximum atomic E-state index is 11.6. The van der Waals surface area contributed by atoms with Crippen LogP contribution in [0.15, 0.2) is 27.6 Å². The lowest BCUT2D eigenvalue weighted by Crippen LogP contribution is -2.14. The Kier molecular flexibility index (Phi) is 3.74. The highest BCUT2D eigenvalue weighted by molar-refractivity contribution is 9.10. The van der Waals surface area contributed by atoms with Crippen molar-refractivity contribution in [1.82, 2.24) is 0 Å². The Morgan fingerprint density at radius 3 is 2.61 bits per heavy atom. The van der Waals surface area contributed by atoms with Gasteiger partial charge in [-0.3, -0.25) is 4.79 Å². The van der Waals surface area contributed by atoms with E-state index in [9.17, 15) is 13.2 Å². The van der Waals surface area contributed by atoms with Crippen LogP contribution < -0.4 is 10.5 Å². The molecular formula is C11H13BrN2O3S. The van der Waals surface area contributed by atoms with Gasteiger partial charge >= 0.3 is 0 Å². The number of rotatable bonds is 4. The zero-order chi connectivity index (χ0) is 13.3. The smallest absolute Gasteiger partial charge is 0.238 e. The van der Waals surface area contributed by atoms with Crippen molar-refractivity contribution in [2.45, 2.75) is 24.2 Å². The van der Waals surface area contributed by atoms with E-state index in [1.165, 1.54) is 18.2 Å². The highest BCUT2D eigenvalue weighted by Gasteiger charge is 2.24. The predicted octanol–water partition coefficient (Wildman–Crippen LogP) is 1.84. The van der Waals surface area contributed by atoms with E-state index >= 15 is 0 Å². The first-order valence-electron chi connectivity index (χ1n) is 5.48. The van der Waals surface area contributed by atoms with Gasteiger partial charge in [-0.15, -0.1) is 0 Å². The number of primary sulfonamides is 1. The van der Waals surface area contributed by atoms with Crippen molar-refractivity contribution in [3.8, 4) is 0 Å². The lowest BCUT2D eigenvalue weighted by atomic mass is 10.2. The van der Waals surface area contributed by atoms with Crippen molar-refractivity contribution in [2.75, 3.05) is 5.32 Å². The van der Waals surface area contributed by atoms with Gasteiger partial charge in [0.05, 0.1) is 10.6 Å². The van der Waals surface area contributed by atoms with E-state index in [2.05, 4.69) is 21.2 Å². The quantitative estimate of drug-likeness (QED) is 0.881. The van der Waals surface area contributed by atoms with Gasteiger partial charge in [-0.25, -0.2) is 13.6 Å². The van der Waals surface area contributed by atoms with E-state index in [1.807, 2.05) is 0 Å². The van der Waals surface area contributed by atoms with Gasteiger partial charge in [0.2, 0.25) is 15.9 Å². The van der Waals surface area contributed by atoms with E-state index in [4.69, 9.17) is 5.14 Å². The standard InChI is InChI=1S/C11H13BrN2O3S/c12-9-6-8(18(13,16)17)3-4-10(9)14-11(15)5-7-1-2-7/h3-4,6-7H,1-2,5H2,(H,14,15)(H2,13,16,17). The molecule has 0 unspecified atom stereocenters. The van der Waals surface area contributed by atoms with Crippen LogP contribution in [0, 0.1) is 5.92 Å². The number of carbonyl (C=O) groups is 1. The molecule has 0 aromatic heterocycles. The van der Waals surface area contributed by atoms with Gasteiger partial charge in [0.25, 0.3) is 0 Å². The van der Waals surface area contributed by atoms with Gasteiger partial charge in [0.15, 0.2) is 0 Å². The van der Waals surface area contributed by atoms with Gasteiger partial charge in [-0.2, -0.15) is 0 Å². The molecule has 0 radical (unpaired) electrons. The summed E-state index contributed by atoms with van der Waals surface area (Å²) in [6, 6.07) is 4.27. The van der Waals surface area contributed by atoms with Crippen molar-refractivity contribution < 1.29 is 13.2 Å². The number of carbonyl (C=O) groups excluding carboxylic acids is 1. The summed E-state index contributed by atoms with van der Waals surface area (Å²) in [4.78, 5) is 11.6. The van der Waals surface area contributed by atoms with Gasteiger partial charge < -0.3 is 5.32 Å². The molecular weight excluding hydrogens is 320 g/mol. The molecule has 7 heteroatoms. The van der Waals surface area contributed by atoms with Crippen LogP contribution in [0.4, 0.5) is 5.69 Å². The Hall–Kier alpha value is -0.920.